The van der Waals surface area contributed by atoms with Crippen LogP contribution in [0.4, 0.5) is 11.4 Å². The van der Waals surface area contributed by atoms with Crippen LogP contribution in [0.1, 0.15) is 12.8 Å². The molecule has 0 radical (unpaired) electrons. The van der Waals surface area contributed by atoms with E-state index in [9.17, 15) is 0 Å². The highest BCUT2D eigenvalue weighted by molar-refractivity contribution is 7.99. The van der Waals surface area contributed by atoms with E-state index in [0.717, 1.165) is 88.3 Å². The van der Waals surface area contributed by atoms with Gasteiger partial charge in [0.1, 0.15) is 18.1 Å². The third-order valence-corrected chi connectivity index (χ3v) is 8.79. The Hall–Kier alpha value is -2.42. The van der Waals surface area contributed by atoms with Crippen LogP contribution in [0.15, 0.2) is 76.5 Å². The van der Waals surface area contributed by atoms with E-state index in [-0.39, 0.29) is 0 Å². The van der Waals surface area contributed by atoms with E-state index in [2.05, 4.69) is 70.1 Å². The zero-order chi connectivity index (χ0) is 27.7. The molecule has 2 aliphatic heterocycles. The molecule has 2 aliphatic rings. The van der Waals surface area contributed by atoms with E-state index >= 15 is 0 Å². The van der Waals surface area contributed by atoms with Gasteiger partial charge in [-0.2, -0.15) is 0 Å². The van der Waals surface area contributed by atoms with Gasteiger partial charge < -0.3 is 24.2 Å². The Morgan fingerprint density at radius 3 is 2.10 bits per heavy atom. The summed E-state index contributed by atoms with van der Waals surface area (Å²) < 4.78 is 11.8. The fourth-order valence-electron chi connectivity index (χ4n) is 5.23. The number of anilines is 2. The maximum atomic E-state index is 6.38. The summed E-state index contributed by atoms with van der Waals surface area (Å²) in [5, 5.41) is 0.793. The largest absolute Gasteiger partial charge is 0.494 e. The van der Waals surface area contributed by atoms with Crippen molar-refractivity contribution in [3.63, 3.8) is 0 Å². The number of hydrogen-bond acceptors (Lipinski definition) is 7. The van der Waals surface area contributed by atoms with Crippen molar-refractivity contribution in [3.8, 4) is 11.5 Å². The van der Waals surface area contributed by atoms with Gasteiger partial charge in [-0.25, -0.2) is 0 Å². The van der Waals surface area contributed by atoms with Crippen LogP contribution in [0.25, 0.3) is 0 Å². The maximum Gasteiger partial charge on any atom is 0.119 e. The van der Waals surface area contributed by atoms with E-state index < -0.39 is 0 Å². The third-order valence-electron chi connectivity index (χ3n) is 7.43. The minimum absolute atomic E-state index is 0.706. The molecule has 40 heavy (non-hydrogen) atoms. The quantitative estimate of drug-likeness (QED) is 0.217. The first-order valence-corrected chi connectivity index (χ1v) is 15.5. The number of benzene rings is 3. The molecule has 0 atom stereocenters. The summed E-state index contributed by atoms with van der Waals surface area (Å²) in [6, 6.07) is 22.9. The summed E-state index contributed by atoms with van der Waals surface area (Å²) in [7, 11) is 4.16. The number of piperazine rings is 1. The summed E-state index contributed by atoms with van der Waals surface area (Å²) in [5.74, 6) is 1.80. The molecule has 5 rings (SSSR count). The van der Waals surface area contributed by atoms with Gasteiger partial charge in [-0.05, 0) is 88.1 Å². The second-order valence-corrected chi connectivity index (χ2v) is 12.2. The van der Waals surface area contributed by atoms with Crippen molar-refractivity contribution in [1.82, 2.24) is 14.7 Å². The summed E-state index contributed by atoms with van der Waals surface area (Å²) >= 11 is 8.21. The molecule has 3 aromatic rings. The summed E-state index contributed by atoms with van der Waals surface area (Å²) in [5.41, 5.74) is 2.51. The number of nitrogens with zero attached hydrogens (tertiary/aromatic N) is 4. The van der Waals surface area contributed by atoms with Gasteiger partial charge in [0.05, 0.1) is 18.0 Å². The Kier molecular flexibility index (Phi) is 10.5. The minimum Gasteiger partial charge on any atom is -0.494 e. The molecule has 214 valence electrons. The molecule has 0 amide bonds. The van der Waals surface area contributed by atoms with Crippen LogP contribution in [-0.2, 0) is 0 Å². The Bertz CT molecular complexity index is 1220. The molecule has 0 unspecified atom stereocenters. The lowest BCUT2D eigenvalue weighted by Gasteiger charge is -2.36. The van der Waals surface area contributed by atoms with Crippen LogP contribution in [0, 0.1) is 0 Å². The van der Waals surface area contributed by atoms with Crippen molar-refractivity contribution in [2.75, 3.05) is 84.6 Å². The number of halogens is 1. The van der Waals surface area contributed by atoms with E-state index in [1.165, 1.54) is 21.2 Å². The lowest BCUT2D eigenvalue weighted by molar-refractivity contribution is 0.116. The second-order valence-electron chi connectivity index (χ2n) is 10.7. The molecule has 1 fully saturated rings. The van der Waals surface area contributed by atoms with Gasteiger partial charge in [0.15, 0.2) is 0 Å². The number of para-hydroxylation sites is 1. The number of rotatable bonds is 13. The average Bonchev–Trinajstić information content (AvgIpc) is 2.96. The lowest BCUT2D eigenvalue weighted by atomic mass is 10.2. The van der Waals surface area contributed by atoms with E-state index in [0.29, 0.717) is 6.61 Å². The third kappa shape index (κ3) is 8.08. The summed E-state index contributed by atoms with van der Waals surface area (Å²) in [6.07, 6.45) is 2.14. The molecule has 0 spiro atoms. The van der Waals surface area contributed by atoms with Gasteiger partial charge in [-0.15, -0.1) is 0 Å². The van der Waals surface area contributed by atoms with Crippen molar-refractivity contribution < 1.29 is 9.47 Å². The minimum atomic E-state index is 0.706. The molecular formula is C32H41ClN4O2S. The van der Waals surface area contributed by atoms with Crippen LogP contribution >= 0.6 is 23.4 Å². The monoisotopic (exact) mass is 580 g/mol. The SMILES string of the molecule is CN(C)CCCOc1ccc(OCCN2CCN(CCCN3c4ccccc4Sc4ccc(Cl)cc43)CC2)cc1. The predicted molar refractivity (Wildman–Crippen MR) is 167 cm³/mol. The molecule has 1 saturated heterocycles. The Morgan fingerprint density at radius 1 is 0.725 bits per heavy atom. The van der Waals surface area contributed by atoms with E-state index in [1.54, 1.807) is 0 Å². The smallest absolute Gasteiger partial charge is 0.119 e. The summed E-state index contributed by atoms with van der Waals surface area (Å²) in [4.78, 5) is 12.3. The van der Waals surface area contributed by atoms with Gasteiger partial charge in [-0.1, -0.05) is 35.5 Å². The number of hydrogen-bond donors (Lipinski definition) is 0. The van der Waals surface area contributed by atoms with Gasteiger partial charge in [-0.3, -0.25) is 4.90 Å². The Labute approximate surface area is 248 Å². The fourth-order valence-corrected chi connectivity index (χ4v) is 6.47. The van der Waals surface area contributed by atoms with E-state index in [4.69, 9.17) is 21.1 Å². The first-order valence-electron chi connectivity index (χ1n) is 14.3. The highest BCUT2D eigenvalue weighted by atomic mass is 35.5. The molecule has 0 aromatic heterocycles. The zero-order valence-electron chi connectivity index (χ0n) is 23.7. The first kappa shape index (κ1) is 29.1. The second kappa shape index (κ2) is 14.5. The van der Waals surface area contributed by atoms with Crippen molar-refractivity contribution in [1.29, 1.82) is 0 Å². The highest BCUT2D eigenvalue weighted by Crippen LogP contribution is 2.48. The van der Waals surface area contributed by atoms with Crippen molar-refractivity contribution in [2.24, 2.45) is 0 Å². The Balaban J connectivity index is 1.00. The molecule has 6 nitrogen and oxygen atoms in total. The zero-order valence-corrected chi connectivity index (χ0v) is 25.3. The maximum absolute atomic E-state index is 6.38. The standard InChI is InChI=1S/C32H41ClN4O2S/c1-34(2)15-6-23-38-27-10-12-28(13-11-27)39-24-22-36-20-18-35(19-21-36)16-5-17-37-29-7-3-4-8-31(29)40-32-14-9-26(33)25-30(32)37/h3-4,7-14,25H,5-6,15-24H2,1-2H3. The van der Waals surface area contributed by atoms with Crippen LogP contribution < -0.4 is 14.4 Å². The summed E-state index contributed by atoms with van der Waals surface area (Å²) in [6.45, 7) is 9.91. The van der Waals surface area contributed by atoms with Gasteiger partial charge in [0.2, 0.25) is 0 Å². The molecular weight excluding hydrogens is 540 g/mol. The van der Waals surface area contributed by atoms with Crippen molar-refractivity contribution >= 4 is 34.7 Å². The number of ether oxygens (including phenoxy) is 2. The van der Waals surface area contributed by atoms with Gasteiger partial charge >= 0.3 is 0 Å². The van der Waals surface area contributed by atoms with Crippen LogP contribution in [0.3, 0.4) is 0 Å². The van der Waals surface area contributed by atoms with Crippen LogP contribution in [0.2, 0.25) is 5.02 Å². The fraction of sp³-hybridized carbons (Fsp3) is 0.438. The molecule has 2 heterocycles. The van der Waals surface area contributed by atoms with Crippen LogP contribution in [0.5, 0.6) is 11.5 Å². The first-order chi connectivity index (χ1) is 19.5. The van der Waals surface area contributed by atoms with Gasteiger partial charge in [0.25, 0.3) is 0 Å². The van der Waals surface area contributed by atoms with Crippen LogP contribution in [-0.4, -0.2) is 94.4 Å². The Morgan fingerprint density at radius 2 is 1.38 bits per heavy atom. The normalized spacial score (nSPS) is 15.7. The molecule has 0 saturated carbocycles. The molecule has 0 bridgehead atoms. The predicted octanol–water partition coefficient (Wildman–Crippen LogP) is 6.36. The topological polar surface area (TPSA) is 31.4 Å². The van der Waals surface area contributed by atoms with E-state index in [1.807, 2.05) is 42.1 Å². The molecule has 0 N–H and O–H groups in total. The van der Waals surface area contributed by atoms with Crippen molar-refractivity contribution in [3.05, 3.63) is 71.8 Å². The van der Waals surface area contributed by atoms with Gasteiger partial charge in [0, 0.05) is 60.6 Å². The highest BCUT2D eigenvalue weighted by Gasteiger charge is 2.24. The lowest BCUT2D eigenvalue weighted by Crippen LogP contribution is -2.47. The molecule has 0 aliphatic carbocycles. The number of fused-ring (bicyclic) bond motifs is 2. The molecule has 3 aromatic carbocycles. The van der Waals surface area contributed by atoms with Crippen molar-refractivity contribution in [2.45, 2.75) is 22.6 Å². The average molecular weight is 581 g/mol. The molecule has 8 heteroatoms.